The number of carbonyl (C=O) groups is 2. The number of rotatable bonds is 4. The summed E-state index contributed by atoms with van der Waals surface area (Å²) in [6.45, 7) is 12.4. The first-order valence-electron chi connectivity index (χ1n) is 7.81. The molecule has 0 saturated carbocycles. The van der Waals surface area contributed by atoms with Crippen molar-refractivity contribution >= 4 is 12.0 Å². The van der Waals surface area contributed by atoms with E-state index < -0.39 is 11.2 Å². The molecule has 1 aliphatic heterocycles. The zero-order chi connectivity index (χ0) is 17.1. The average Bonchev–Trinajstić information content (AvgIpc) is 2.76. The molecular weight excluding hydrogens is 284 g/mol. The van der Waals surface area contributed by atoms with Crippen LogP contribution in [0.4, 0.5) is 4.79 Å². The number of hydrogen-bond acceptors (Lipinski definition) is 4. The van der Waals surface area contributed by atoms with Crippen LogP contribution in [0.1, 0.15) is 48.0 Å². The van der Waals surface area contributed by atoms with Crippen molar-refractivity contribution < 1.29 is 19.1 Å². The van der Waals surface area contributed by atoms with E-state index in [2.05, 4.69) is 0 Å². The van der Waals surface area contributed by atoms with E-state index in [1.54, 1.807) is 16.8 Å². The van der Waals surface area contributed by atoms with Gasteiger partial charge in [0, 0.05) is 19.6 Å². The second kappa shape index (κ2) is 6.86. The van der Waals surface area contributed by atoms with Gasteiger partial charge < -0.3 is 19.3 Å². The topological polar surface area (TPSA) is 59.1 Å². The van der Waals surface area contributed by atoms with Gasteiger partial charge in [-0.15, -0.1) is 0 Å². The molecule has 0 spiro atoms. The molecule has 6 nitrogen and oxygen atoms in total. The predicted molar refractivity (Wildman–Crippen MR) is 84.7 cm³/mol. The van der Waals surface area contributed by atoms with Crippen LogP contribution in [0.2, 0.25) is 0 Å². The first-order valence-corrected chi connectivity index (χ1v) is 7.81. The second-order valence-corrected chi connectivity index (χ2v) is 7.49. The Morgan fingerprint density at radius 1 is 1.32 bits per heavy atom. The monoisotopic (exact) mass is 314 g/mol. The summed E-state index contributed by atoms with van der Waals surface area (Å²) in [6, 6.07) is 0.144. The van der Waals surface area contributed by atoms with Crippen molar-refractivity contribution in [3.05, 3.63) is 0 Å². The van der Waals surface area contributed by atoms with Crippen LogP contribution in [0, 0.1) is 0 Å². The number of ether oxygens (including phenoxy) is 2. The molecule has 0 N–H and O–H groups in total. The number of nitrogens with zero attached hydrogens (tertiary/aromatic N) is 2. The number of likely N-dealkylation sites (N-methyl/N-ethyl adjacent to an activating group) is 1. The van der Waals surface area contributed by atoms with Crippen LogP contribution >= 0.6 is 0 Å². The molecule has 6 heteroatoms. The molecule has 0 radical (unpaired) electrons. The van der Waals surface area contributed by atoms with Gasteiger partial charge in [0.1, 0.15) is 12.2 Å². The van der Waals surface area contributed by atoms with E-state index in [0.29, 0.717) is 19.5 Å². The Morgan fingerprint density at radius 2 is 1.91 bits per heavy atom. The van der Waals surface area contributed by atoms with Gasteiger partial charge in [-0.05, 0) is 48.0 Å². The van der Waals surface area contributed by atoms with Crippen molar-refractivity contribution in [3.63, 3.8) is 0 Å². The Hall–Kier alpha value is -1.30. The van der Waals surface area contributed by atoms with Crippen molar-refractivity contribution in [3.8, 4) is 0 Å². The minimum absolute atomic E-state index is 0.0351. The third-order valence-electron chi connectivity index (χ3n) is 3.80. The van der Waals surface area contributed by atoms with Crippen molar-refractivity contribution in [1.82, 2.24) is 9.80 Å². The van der Waals surface area contributed by atoms with Crippen molar-refractivity contribution in [1.29, 1.82) is 0 Å². The van der Waals surface area contributed by atoms with Crippen molar-refractivity contribution in [2.45, 2.75) is 65.2 Å². The van der Waals surface area contributed by atoms with E-state index in [0.717, 1.165) is 0 Å². The lowest BCUT2D eigenvalue weighted by atomic mass is 10.1. The number of carbonyl (C=O) groups excluding carboxylic acids is 2. The van der Waals surface area contributed by atoms with Gasteiger partial charge in [-0.3, -0.25) is 4.79 Å². The number of hydrogen-bond donors (Lipinski definition) is 0. The second-order valence-electron chi connectivity index (χ2n) is 7.49. The molecule has 1 atom stereocenters. The Labute approximate surface area is 133 Å². The normalized spacial score (nSPS) is 22.1. The molecule has 2 amide bonds. The summed E-state index contributed by atoms with van der Waals surface area (Å²) in [7, 11) is 1.76. The maximum atomic E-state index is 12.1. The highest BCUT2D eigenvalue weighted by Gasteiger charge is 2.39. The zero-order valence-electron chi connectivity index (χ0n) is 14.9. The Bertz CT molecular complexity index is 417. The standard InChI is InChI=1S/C16H30N2O4/c1-12(2)17(7)13(19)10-21-16(6)8-9-18(11-16)14(20)22-15(3,4)5/h12H,8-11H2,1-7H3. The molecule has 22 heavy (non-hydrogen) atoms. The van der Waals surface area contributed by atoms with Crippen LogP contribution in [0.5, 0.6) is 0 Å². The summed E-state index contributed by atoms with van der Waals surface area (Å²) in [5, 5.41) is 0. The van der Waals surface area contributed by atoms with E-state index in [1.165, 1.54) is 0 Å². The maximum Gasteiger partial charge on any atom is 0.410 e. The van der Waals surface area contributed by atoms with Crippen LogP contribution in [0.3, 0.4) is 0 Å². The summed E-state index contributed by atoms with van der Waals surface area (Å²) in [5.41, 5.74) is -1.00. The highest BCUT2D eigenvalue weighted by molar-refractivity contribution is 5.77. The SMILES string of the molecule is CC(C)N(C)C(=O)COC1(C)CCN(C(=O)OC(C)(C)C)C1. The lowest BCUT2D eigenvalue weighted by Crippen LogP contribution is -2.42. The molecule has 1 rings (SSSR count). The highest BCUT2D eigenvalue weighted by Crippen LogP contribution is 2.26. The first kappa shape index (κ1) is 18.7. The van der Waals surface area contributed by atoms with Crippen molar-refractivity contribution in [2.24, 2.45) is 0 Å². The van der Waals surface area contributed by atoms with Gasteiger partial charge in [0.25, 0.3) is 0 Å². The molecule has 1 heterocycles. The van der Waals surface area contributed by atoms with E-state index >= 15 is 0 Å². The Kier molecular flexibility index (Phi) is 5.84. The minimum Gasteiger partial charge on any atom is -0.444 e. The largest absolute Gasteiger partial charge is 0.444 e. The molecule has 1 unspecified atom stereocenters. The molecule has 0 aromatic carbocycles. The molecule has 1 saturated heterocycles. The molecule has 1 fully saturated rings. The summed E-state index contributed by atoms with van der Waals surface area (Å²) < 4.78 is 11.2. The summed E-state index contributed by atoms with van der Waals surface area (Å²) >= 11 is 0. The van der Waals surface area contributed by atoms with Gasteiger partial charge in [-0.1, -0.05) is 0 Å². The van der Waals surface area contributed by atoms with E-state index in [-0.39, 0.29) is 24.6 Å². The molecule has 0 aromatic rings. The molecular formula is C16H30N2O4. The van der Waals surface area contributed by atoms with Gasteiger partial charge in [-0.25, -0.2) is 4.79 Å². The number of likely N-dealkylation sites (tertiary alicyclic amines) is 1. The van der Waals surface area contributed by atoms with Crippen LogP contribution in [-0.2, 0) is 14.3 Å². The molecule has 0 aromatic heterocycles. The summed E-state index contributed by atoms with van der Waals surface area (Å²) in [4.78, 5) is 27.3. The van der Waals surface area contributed by atoms with E-state index in [4.69, 9.17) is 9.47 Å². The first-order chi connectivity index (χ1) is 9.93. The fraction of sp³-hybridized carbons (Fsp3) is 0.875. The Morgan fingerprint density at radius 3 is 2.41 bits per heavy atom. The van der Waals surface area contributed by atoms with Crippen LogP contribution in [0.15, 0.2) is 0 Å². The van der Waals surface area contributed by atoms with Crippen LogP contribution in [0.25, 0.3) is 0 Å². The van der Waals surface area contributed by atoms with Gasteiger partial charge in [0.2, 0.25) is 5.91 Å². The summed E-state index contributed by atoms with van der Waals surface area (Å²) in [6.07, 6.45) is 0.371. The smallest absolute Gasteiger partial charge is 0.410 e. The van der Waals surface area contributed by atoms with E-state index in [1.807, 2.05) is 41.5 Å². The Balaban J connectivity index is 2.50. The minimum atomic E-state index is -0.507. The quantitative estimate of drug-likeness (QED) is 0.799. The third-order valence-corrected chi connectivity index (χ3v) is 3.80. The molecule has 128 valence electrons. The van der Waals surface area contributed by atoms with Crippen LogP contribution < -0.4 is 0 Å². The fourth-order valence-electron chi connectivity index (χ4n) is 2.16. The van der Waals surface area contributed by atoms with Gasteiger partial charge >= 0.3 is 6.09 Å². The predicted octanol–water partition coefficient (Wildman–Crippen LogP) is 2.27. The van der Waals surface area contributed by atoms with Gasteiger partial charge in [0.05, 0.1) is 12.1 Å². The summed E-state index contributed by atoms with van der Waals surface area (Å²) in [5.74, 6) is -0.0491. The molecule has 0 bridgehead atoms. The third kappa shape index (κ3) is 5.48. The van der Waals surface area contributed by atoms with Crippen LogP contribution in [-0.4, -0.2) is 65.8 Å². The van der Waals surface area contributed by atoms with Gasteiger partial charge in [-0.2, -0.15) is 0 Å². The maximum absolute atomic E-state index is 12.1. The zero-order valence-corrected chi connectivity index (χ0v) is 14.9. The van der Waals surface area contributed by atoms with Gasteiger partial charge in [0.15, 0.2) is 0 Å². The average molecular weight is 314 g/mol. The van der Waals surface area contributed by atoms with E-state index in [9.17, 15) is 9.59 Å². The molecule has 1 aliphatic rings. The van der Waals surface area contributed by atoms with Crippen molar-refractivity contribution in [2.75, 3.05) is 26.7 Å². The number of amides is 2. The lowest BCUT2D eigenvalue weighted by molar-refractivity contribution is -0.142. The highest BCUT2D eigenvalue weighted by atomic mass is 16.6. The molecule has 0 aliphatic carbocycles. The fourth-order valence-corrected chi connectivity index (χ4v) is 2.16. The lowest BCUT2D eigenvalue weighted by Gasteiger charge is -2.28.